The molecule has 2 unspecified atom stereocenters. The molecule has 2 atom stereocenters. The Bertz CT molecular complexity index is 923. The van der Waals surface area contributed by atoms with Crippen molar-refractivity contribution in [2.24, 2.45) is 0 Å². The fourth-order valence-electron chi connectivity index (χ4n) is 7.79. The normalized spacial score (nSPS) is 13.2. The van der Waals surface area contributed by atoms with Crippen LogP contribution in [0.15, 0.2) is 48.6 Å². The van der Waals surface area contributed by atoms with Gasteiger partial charge in [-0.2, -0.15) is 0 Å². The summed E-state index contributed by atoms with van der Waals surface area (Å²) in [6.07, 6.45) is 68.2. The number of aliphatic hydroxyl groups is 2. The largest absolute Gasteiger partial charge is 0.394 e. The highest BCUT2D eigenvalue weighted by molar-refractivity contribution is 5.76. The second kappa shape index (κ2) is 49.7. The number of nitrogens with one attached hydrogen (secondary N) is 1. The van der Waals surface area contributed by atoms with Gasteiger partial charge in [0.25, 0.3) is 0 Å². The molecule has 0 aromatic carbocycles. The van der Waals surface area contributed by atoms with Gasteiger partial charge in [0.2, 0.25) is 5.91 Å². The minimum Gasteiger partial charge on any atom is -0.394 e. The number of allylic oxidation sites excluding steroid dienone is 7. The molecule has 0 aliphatic carbocycles. The lowest BCUT2D eigenvalue weighted by atomic mass is 10.0. The van der Waals surface area contributed by atoms with Gasteiger partial charge in [0, 0.05) is 6.42 Å². The molecule has 0 aliphatic heterocycles. The Morgan fingerprint density at radius 3 is 1.00 bits per heavy atom. The Labute approximate surface area is 363 Å². The van der Waals surface area contributed by atoms with E-state index in [9.17, 15) is 15.0 Å². The second-order valence-electron chi connectivity index (χ2n) is 17.6. The van der Waals surface area contributed by atoms with Crippen LogP contribution in [0.25, 0.3) is 0 Å². The van der Waals surface area contributed by atoms with Crippen molar-refractivity contribution in [1.29, 1.82) is 0 Å². The number of carbonyl (C=O) groups is 1. The highest BCUT2D eigenvalue weighted by atomic mass is 16.3. The van der Waals surface area contributed by atoms with Crippen molar-refractivity contribution in [3.05, 3.63) is 48.6 Å². The Morgan fingerprint density at radius 2 is 0.672 bits per heavy atom. The Kier molecular flexibility index (Phi) is 48.3. The molecule has 0 radical (unpaired) electrons. The minimum absolute atomic E-state index is 0.0761. The molecule has 1 amide bonds. The van der Waals surface area contributed by atoms with E-state index in [1.54, 1.807) is 6.08 Å². The van der Waals surface area contributed by atoms with Crippen LogP contribution >= 0.6 is 0 Å². The van der Waals surface area contributed by atoms with Crippen LogP contribution in [0, 0.1) is 0 Å². The Hall–Kier alpha value is -1.65. The van der Waals surface area contributed by atoms with Crippen LogP contribution in [-0.2, 0) is 4.79 Å². The average Bonchev–Trinajstić information content (AvgIpc) is 3.23. The van der Waals surface area contributed by atoms with Gasteiger partial charge in [0.05, 0.1) is 18.8 Å². The van der Waals surface area contributed by atoms with Crippen molar-refractivity contribution in [1.82, 2.24) is 5.32 Å². The molecule has 0 fully saturated rings. The number of carbonyl (C=O) groups excluding carboxylic acids is 1. The molecule has 58 heavy (non-hydrogen) atoms. The number of hydrogen-bond acceptors (Lipinski definition) is 3. The SMILES string of the molecule is CCCCCCCCCC/C=C\CCCCCCCCCCCCCCCC(=O)NC(CO)C(O)/C=C/CC/C=C/CC/C=C/CCCCCCCCCCCCC. The first-order valence-electron chi connectivity index (χ1n) is 25.9. The maximum absolute atomic E-state index is 12.4. The van der Waals surface area contributed by atoms with Crippen molar-refractivity contribution >= 4 is 5.91 Å². The number of aliphatic hydroxyl groups excluding tert-OH is 2. The maximum Gasteiger partial charge on any atom is 0.220 e. The number of unbranched alkanes of at least 4 members (excludes halogenated alkanes) is 34. The molecule has 0 aromatic rings. The summed E-state index contributed by atoms with van der Waals surface area (Å²) in [4.78, 5) is 12.4. The third-order valence-corrected chi connectivity index (χ3v) is 11.8. The summed E-state index contributed by atoms with van der Waals surface area (Å²) < 4.78 is 0. The first kappa shape index (κ1) is 56.4. The van der Waals surface area contributed by atoms with Gasteiger partial charge in [0.15, 0.2) is 0 Å². The molecule has 3 N–H and O–H groups in total. The summed E-state index contributed by atoms with van der Waals surface area (Å²) in [5.74, 6) is -0.0761. The van der Waals surface area contributed by atoms with Gasteiger partial charge >= 0.3 is 0 Å². The monoisotopic (exact) mass is 812 g/mol. The molecule has 0 aromatic heterocycles. The van der Waals surface area contributed by atoms with Crippen LogP contribution in [-0.4, -0.2) is 34.9 Å². The van der Waals surface area contributed by atoms with Crippen molar-refractivity contribution in [3.63, 3.8) is 0 Å². The molecule has 4 heteroatoms. The summed E-state index contributed by atoms with van der Waals surface area (Å²) in [7, 11) is 0. The summed E-state index contributed by atoms with van der Waals surface area (Å²) in [6, 6.07) is -0.646. The maximum atomic E-state index is 12.4. The van der Waals surface area contributed by atoms with Gasteiger partial charge in [-0.3, -0.25) is 4.79 Å². The van der Waals surface area contributed by atoms with Gasteiger partial charge in [-0.15, -0.1) is 0 Å². The molecule has 0 aliphatic rings. The fraction of sp³-hybridized carbons (Fsp3) is 0.833. The van der Waals surface area contributed by atoms with E-state index in [1.165, 1.54) is 212 Å². The molecule has 340 valence electrons. The topological polar surface area (TPSA) is 69.6 Å². The van der Waals surface area contributed by atoms with Crippen molar-refractivity contribution in [2.45, 2.75) is 283 Å². The van der Waals surface area contributed by atoms with Crippen LogP contribution in [0.4, 0.5) is 0 Å². The van der Waals surface area contributed by atoms with Gasteiger partial charge in [-0.25, -0.2) is 0 Å². The Balaban J connectivity index is 3.57. The molecule has 0 spiro atoms. The zero-order valence-corrected chi connectivity index (χ0v) is 39.1. The first-order valence-corrected chi connectivity index (χ1v) is 25.9. The molecule has 0 rings (SSSR count). The van der Waals surface area contributed by atoms with Crippen LogP contribution in [0.1, 0.15) is 271 Å². The van der Waals surface area contributed by atoms with E-state index in [2.05, 4.69) is 55.6 Å². The highest BCUT2D eigenvalue weighted by Gasteiger charge is 2.17. The highest BCUT2D eigenvalue weighted by Crippen LogP contribution is 2.15. The molecule has 0 heterocycles. The van der Waals surface area contributed by atoms with Crippen molar-refractivity contribution < 1.29 is 15.0 Å². The van der Waals surface area contributed by atoms with E-state index in [4.69, 9.17) is 0 Å². The lowest BCUT2D eigenvalue weighted by Gasteiger charge is -2.19. The van der Waals surface area contributed by atoms with Crippen molar-refractivity contribution in [2.75, 3.05) is 6.61 Å². The third-order valence-electron chi connectivity index (χ3n) is 11.8. The fourth-order valence-corrected chi connectivity index (χ4v) is 7.79. The van der Waals surface area contributed by atoms with Gasteiger partial charge < -0.3 is 15.5 Å². The predicted molar refractivity (Wildman–Crippen MR) is 258 cm³/mol. The van der Waals surface area contributed by atoms with E-state index in [0.29, 0.717) is 6.42 Å². The van der Waals surface area contributed by atoms with Gasteiger partial charge in [-0.1, -0.05) is 242 Å². The molecule has 0 bridgehead atoms. The average molecular weight is 812 g/mol. The van der Waals surface area contributed by atoms with E-state index in [1.807, 2.05) is 6.08 Å². The second-order valence-corrected chi connectivity index (χ2v) is 17.6. The minimum atomic E-state index is -0.870. The first-order chi connectivity index (χ1) is 28.7. The van der Waals surface area contributed by atoms with E-state index in [-0.39, 0.29) is 12.5 Å². The smallest absolute Gasteiger partial charge is 0.220 e. The lowest BCUT2D eigenvalue weighted by Crippen LogP contribution is -2.45. The van der Waals surface area contributed by atoms with Crippen LogP contribution < -0.4 is 5.32 Å². The van der Waals surface area contributed by atoms with E-state index in [0.717, 1.165) is 38.5 Å². The molecule has 0 saturated heterocycles. The molecular formula is C54H101NO3. The zero-order valence-electron chi connectivity index (χ0n) is 39.1. The Morgan fingerprint density at radius 1 is 0.397 bits per heavy atom. The predicted octanol–water partition coefficient (Wildman–Crippen LogP) is 16.7. The molecule has 0 saturated carbocycles. The van der Waals surface area contributed by atoms with Crippen LogP contribution in [0.5, 0.6) is 0 Å². The zero-order chi connectivity index (χ0) is 42.1. The number of hydrogen-bond donors (Lipinski definition) is 3. The summed E-state index contributed by atoms with van der Waals surface area (Å²) in [6.45, 7) is 4.31. The third kappa shape index (κ3) is 45.4. The summed E-state index contributed by atoms with van der Waals surface area (Å²) in [5, 5.41) is 23.1. The number of amides is 1. The summed E-state index contributed by atoms with van der Waals surface area (Å²) >= 11 is 0. The lowest BCUT2D eigenvalue weighted by molar-refractivity contribution is -0.123. The van der Waals surface area contributed by atoms with Crippen LogP contribution in [0.3, 0.4) is 0 Å². The standard InChI is InChI=1S/C54H101NO3/c1-3-5-7-9-11-13-15-17-19-21-23-25-26-27-28-30-32-34-36-38-40-42-44-46-48-50-54(58)55-52(51-56)53(57)49-47-45-43-41-39-37-35-33-31-29-24-22-20-18-16-14-12-10-8-6-4-2/h21,23,31,33,39,41,47,49,52-53,56-57H,3-20,22,24-30,32,34-38,40,42-46,48,50-51H2,1-2H3,(H,55,58)/b23-21-,33-31+,41-39+,49-47+. The van der Waals surface area contributed by atoms with E-state index < -0.39 is 12.1 Å². The number of rotatable bonds is 47. The van der Waals surface area contributed by atoms with Crippen LogP contribution in [0.2, 0.25) is 0 Å². The van der Waals surface area contributed by atoms with E-state index >= 15 is 0 Å². The molecular weight excluding hydrogens is 711 g/mol. The van der Waals surface area contributed by atoms with Crippen molar-refractivity contribution in [3.8, 4) is 0 Å². The molecule has 4 nitrogen and oxygen atoms in total. The van der Waals surface area contributed by atoms with Gasteiger partial charge in [-0.05, 0) is 70.6 Å². The van der Waals surface area contributed by atoms with Gasteiger partial charge in [0.1, 0.15) is 0 Å². The summed E-state index contributed by atoms with van der Waals surface area (Å²) in [5.41, 5.74) is 0. The quantitative estimate of drug-likeness (QED) is 0.0423.